The van der Waals surface area contributed by atoms with Crippen LogP contribution in [0.5, 0.6) is 23.0 Å². The molecule has 0 aromatic heterocycles. The normalized spacial score (nSPS) is 11.1. The molecule has 30 heavy (non-hydrogen) atoms. The van der Waals surface area contributed by atoms with Gasteiger partial charge in [0, 0.05) is 12.1 Å². The second-order valence-electron chi connectivity index (χ2n) is 7.65. The minimum absolute atomic E-state index is 0.0102. The number of phenolic OH excluding ortho intramolecular Hbond substituents is 4. The monoisotopic (exact) mass is 400 g/mol. The summed E-state index contributed by atoms with van der Waals surface area (Å²) in [6, 6.07) is 22.3. The van der Waals surface area contributed by atoms with Gasteiger partial charge in [0.1, 0.15) is 23.0 Å². The van der Waals surface area contributed by atoms with Crippen LogP contribution in [0, 0.1) is 0 Å². The topological polar surface area (TPSA) is 80.9 Å². The fourth-order valence-electron chi connectivity index (χ4n) is 3.83. The molecule has 0 saturated heterocycles. The van der Waals surface area contributed by atoms with Crippen LogP contribution in [0.15, 0.2) is 72.8 Å². The number of aryl methyl sites for hydroxylation is 4. The minimum Gasteiger partial charge on any atom is -0.508 e. The van der Waals surface area contributed by atoms with Crippen LogP contribution in [0.3, 0.4) is 0 Å². The van der Waals surface area contributed by atoms with Gasteiger partial charge in [-0.05, 0) is 76.9 Å². The van der Waals surface area contributed by atoms with Crippen LogP contribution in [0.1, 0.15) is 22.3 Å². The zero-order valence-electron chi connectivity index (χ0n) is 16.5. The zero-order valence-corrected chi connectivity index (χ0v) is 16.5. The second-order valence-corrected chi connectivity index (χ2v) is 7.65. The number of hydrogen-bond acceptors (Lipinski definition) is 4. The molecule has 0 atom stereocenters. The average molecular weight is 400 g/mol. The van der Waals surface area contributed by atoms with Gasteiger partial charge in [-0.3, -0.25) is 0 Å². The molecule has 0 aliphatic carbocycles. The molecular weight excluding hydrogens is 376 g/mol. The van der Waals surface area contributed by atoms with Crippen LogP contribution in [0.2, 0.25) is 0 Å². The Morgan fingerprint density at radius 2 is 1.07 bits per heavy atom. The summed E-state index contributed by atoms with van der Waals surface area (Å²) in [5.41, 5.74) is 3.48. The number of benzene rings is 4. The van der Waals surface area contributed by atoms with Gasteiger partial charge >= 0.3 is 0 Å². The summed E-state index contributed by atoms with van der Waals surface area (Å²) in [6.07, 6.45) is 2.51. The smallest absolute Gasteiger partial charge is 0.122 e. The highest BCUT2D eigenvalue weighted by Crippen LogP contribution is 2.30. The summed E-state index contributed by atoms with van der Waals surface area (Å²) in [4.78, 5) is 0. The highest BCUT2D eigenvalue weighted by atomic mass is 16.3. The van der Waals surface area contributed by atoms with E-state index < -0.39 is 0 Å². The van der Waals surface area contributed by atoms with Crippen molar-refractivity contribution in [2.75, 3.05) is 0 Å². The molecule has 4 aromatic rings. The van der Waals surface area contributed by atoms with E-state index in [0.717, 1.165) is 23.1 Å². The van der Waals surface area contributed by atoms with E-state index in [0.29, 0.717) is 19.3 Å². The number of phenols is 4. The van der Waals surface area contributed by atoms with Crippen molar-refractivity contribution in [3.05, 3.63) is 95.1 Å². The first kappa shape index (κ1) is 19.6. The maximum absolute atomic E-state index is 10.3. The Hall–Kier alpha value is -3.66. The summed E-state index contributed by atoms with van der Waals surface area (Å²) in [5.74, 6) is 0.158. The third kappa shape index (κ3) is 4.49. The van der Waals surface area contributed by atoms with Crippen LogP contribution >= 0.6 is 0 Å². The summed E-state index contributed by atoms with van der Waals surface area (Å²) in [5, 5.41) is 42.2. The lowest BCUT2D eigenvalue weighted by molar-refractivity contribution is 0.441. The lowest BCUT2D eigenvalue weighted by Gasteiger charge is -2.11. The standard InChI is InChI=1S/C26H24O4/c27-23-12-18(13-24(28)15-23)7-10-22-14-21(25(29)16-26(22)30)9-6-17-5-8-19-3-1-2-4-20(19)11-17/h1-5,8,11-16,27-30H,6-7,9-10H2. The molecule has 0 saturated carbocycles. The molecule has 0 fully saturated rings. The highest BCUT2D eigenvalue weighted by molar-refractivity contribution is 5.83. The number of fused-ring (bicyclic) bond motifs is 1. The minimum atomic E-state index is 0.0102. The molecule has 0 aliphatic rings. The molecule has 152 valence electrons. The fourth-order valence-corrected chi connectivity index (χ4v) is 3.83. The Morgan fingerprint density at radius 1 is 0.467 bits per heavy atom. The van der Waals surface area contributed by atoms with E-state index in [-0.39, 0.29) is 23.0 Å². The van der Waals surface area contributed by atoms with Crippen molar-refractivity contribution < 1.29 is 20.4 Å². The van der Waals surface area contributed by atoms with E-state index in [1.807, 2.05) is 18.2 Å². The molecule has 0 spiro atoms. The maximum atomic E-state index is 10.3. The molecule has 0 heterocycles. The molecule has 0 aliphatic heterocycles. The Labute approximate surface area is 175 Å². The van der Waals surface area contributed by atoms with Crippen molar-refractivity contribution in [2.45, 2.75) is 25.7 Å². The highest BCUT2D eigenvalue weighted by Gasteiger charge is 2.10. The predicted molar refractivity (Wildman–Crippen MR) is 118 cm³/mol. The molecule has 4 aromatic carbocycles. The van der Waals surface area contributed by atoms with Gasteiger partial charge in [0.05, 0.1) is 0 Å². The van der Waals surface area contributed by atoms with Gasteiger partial charge in [0.15, 0.2) is 0 Å². The van der Waals surface area contributed by atoms with Gasteiger partial charge in [0.25, 0.3) is 0 Å². The summed E-state index contributed by atoms with van der Waals surface area (Å²) in [7, 11) is 0. The van der Waals surface area contributed by atoms with Gasteiger partial charge in [-0.1, -0.05) is 42.5 Å². The van der Waals surface area contributed by atoms with E-state index in [2.05, 4.69) is 30.3 Å². The summed E-state index contributed by atoms with van der Waals surface area (Å²) < 4.78 is 0. The lowest BCUT2D eigenvalue weighted by Crippen LogP contribution is -1.97. The van der Waals surface area contributed by atoms with E-state index in [4.69, 9.17) is 0 Å². The Balaban J connectivity index is 1.49. The van der Waals surface area contributed by atoms with E-state index in [9.17, 15) is 20.4 Å². The van der Waals surface area contributed by atoms with Crippen molar-refractivity contribution in [1.29, 1.82) is 0 Å². The van der Waals surface area contributed by atoms with Gasteiger partial charge < -0.3 is 20.4 Å². The van der Waals surface area contributed by atoms with Gasteiger partial charge in [-0.2, -0.15) is 0 Å². The van der Waals surface area contributed by atoms with E-state index >= 15 is 0 Å². The molecule has 4 N–H and O–H groups in total. The molecule has 0 unspecified atom stereocenters. The van der Waals surface area contributed by atoms with Crippen LogP contribution in [0.25, 0.3) is 10.8 Å². The third-order valence-electron chi connectivity index (χ3n) is 5.42. The largest absolute Gasteiger partial charge is 0.508 e. The van der Waals surface area contributed by atoms with E-state index in [1.165, 1.54) is 28.5 Å². The van der Waals surface area contributed by atoms with Crippen molar-refractivity contribution in [3.63, 3.8) is 0 Å². The zero-order chi connectivity index (χ0) is 21.1. The second kappa shape index (κ2) is 8.37. The van der Waals surface area contributed by atoms with Crippen LogP contribution in [0.4, 0.5) is 0 Å². The first-order valence-corrected chi connectivity index (χ1v) is 10.0. The first-order chi connectivity index (χ1) is 14.5. The van der Waals surface area contributed by atoms with Crippen LogP contribution in [-0.4, -0.2) is 20.4 Å². The fraction of sp³-hybridized carbons (Fsp3) is 0.154. The SMILES string of the molecule is Oc1cc(O)cc(CCc2cc(CCc3ccc4ccccc4c3)c(O)cc2O)c1. The van der Waals surface area contributed by atoms with Gasteiger partial charge in [-0.15, -0.1) is 0 Å². The average Bonchev–Trinajstić information content (AvgIpc) is 2.71. The Kier molecular flexibility index (Phi) is 5.48. The lowest BCUT2D eigenvalue weighted by atomic mass is 9.97. The quantitative estimate of drug-likeness (QED) is 0.357. The van der Waals surface area contributed by atoms with Gasteiger partial charge in [-0.25, -0.2) is 0 Å². The Morgan fingerprint density at radius 3 is 1.73 bits per heavy atom. The molecule has 4 rings (SSSR count). The van der Waals surface area contributed by atoms with Crippen LogP contribution < -0.4 is 0 Å². The van der Waals surface area contributed by atoms with Crippen molar-refractivity contribution in [3.8, 4) is 23.0 Å². The number of rotatable bonds is 6. The predicted octanol–water partition coefficient (Wildman–Crippen LogP) is 5.23. The van der Waals surface area contributed by atoms with Crippen molar-refractivity contribution in [1.82, 2.24) is 0 Å². The summed E-state index contributed by atoms with van der Waals surface area (Å²) in [6.45, 7) is 0. The van der Waals surface area contributed by atoms with Crippen molar-refractivity contribution >= 4 is 10.8 Å². The molecule has 0 amide bonds. The number of hydrogen-bond donors (Lipinski definition) is 4. The van der Waals surface area contributed by atoms with Crippen molar-refractivity contribution in [2.24, 2.45) is 0 Å². The Bertz CT molecular complexity index is 1180. The number of aromatic hydroxyl groups is 4. The molecule has 4 nitrogen and oxygen atoms in total. The third-order valence-corrected chi connectivity index (χ3v) is 5.42. The molecule has 4 heteroatoms. The van der Waals surface area contributed by atoms with E-state index in [1.54, 1.807) is 12.1 Å². The maximum Gasteiger partial charge on any atom is 0.122 e. The van der Waals surface area contributed by atoms with Crippen LogP contribution in [-0.2, 0) is 25.7 Å². The molecule has 0 radical (unpaired) electrons. The first-order valence-electron chi connectivity index (χ1n) is 10.0. The van der Waals surface area contributed by atoms with Gasteiger partial charge in [0.2, 0.25) is 0 Å². The molecule has 0 bridgehead atoms. The summed E-state index contributed by atoms with van der Waals surface area (Å²) >= 11 is 0. The molecular formula is C26H24O4.